The molecule has 2 aromatic heterocycles. The van der Waals surface area contributed by atoms with Gasteiger partial charge in [-0.25, -0.2) is 9.97 Å². The van der Waals surface area contributed by atoms with Crippen LogP contribution >= 0.6 is 11.6 Å². The van der Waals surface area contributed by atoms with Crippen LogP contribution in [0.15, 0.2) is 12.3 Å². The first-order valence-electron chi connectivity index (χ1n) is 6.30. The van der Waals surface area contributed by atoms with Crippen LogP contribution in [-0.4, -0.2) is 36.6 Å². The van der Waals surface area contributed by atoms with E-state index in [0.29, 0.717) is 11.6 Å². The molecule has 0 saturated heterocycles. The summed E-state index contributed by atoms with van der Waals surface area (Å²) >= 11 is 5.84. The molecule has 2 aromatic rings. The third kappa shape index (κ3) is 3.34. The molecule has 104 valence electrons. The maximum atomic E-state index is 11.2. The number of aromatic nitrogens is 3. The van der Waals surface area contributed by atoms with Crippen molar-refractivity contribution in [3.05, 3.63) is 23.7 Å². The predicted molar refractivity (Wildman–Crippen MR) is 80.2 cm³/mol. The highest BCUT2D eigenvalue weighted by Crippen LogP contribution is 2.18. The third-order valence-corrected chi connectivity index (χ3v) is 4.10. The SMILES string of the molecule is Cc1ccnc2c1nc(CCCl)n2CCCS(C)=O. The predicted octanol–water partition coefficient (Wildman–Crippen LogP) is 2.29. The first-order valence-corrected chi connectivity index (χ1v) is 8.56. The van der Waals surface area contributed by atoms with Gasteiger partial charge in [-0.15, -0.1) is 11.6 Å². The average molecular weight is 300 g/mol. The quantitative estimate of drug-likeness (QED) is 0.769. The fraction of sp³-hybridized carbons (Fsp3) is 0.538. The number of fused-ring (bicyclic) bond motifs is 1. The number of aryl methyl sites for hydroxylation is 3. The first-order chi connectivity index (χ1) is 9.13. The summed E-state index contributed by atoms with van der Waals surface area (Å²) in [4.78, 5) is 9.06. The van der Waals surface area contributed by atoms with Crippen molar-refractivity contribution in [1.82, 2.24) is 14.5 Å². The lowest BCUT2D eigenvalue weighted by atomic mass is 10.3. The lowest BCUT2D eigenvalue weighted by Gasteiger charge is -2.07. The lowest BCUT2D eigenvalue weighted by Crippen LogP contribution is -2.08. The molecule has 0 aliphatic rings. The van der Waals surface area contributed by atoms with Crippen LogP contribution in [-0.2, 0) is 23.8 Å². The van der Waals surface area contributed by atoms with Gasteiger partial charge in [0.05, 0.1) is 0 Å². The van der Waals surface area contributed by atoms with Crippen LogP contribution in [0.1, 0.15) is 17.8 Å². The van der Waals surface area contributed by atoms with Crippen molar-refractivity contribution in [2.45, 2.75) is 26.3 Å². The maximum Gasteiger partial charge on any atom is 0.160 e. The molecule has 4 nitrogen and oxygen atoms in total. The van der Waals surface area contributed by atoms with E-state index < -0.39 is 10.8 Å². The van der Waals surface area contributed by atoms with E-state index in [2.05, 4.69) is 14.5 Å². The summed E-state index contributed by atoms with van der Waals surface area (Å²) in [5.41, 5.74) is 2.97. The van der Waals surface area contributed by atoms with Crippen molar-refractivity contribution in [3.8, 4) is 0 Å². The minimum absolute atomic E-state index is 0.544. The van der Waals surface area contributed by atoms with Crippen LogP contribution in [0.5, 0.6) is 0 Å². The molecule has 0 saturated carbocycles. The van der Waals surface area contributed by atoms with Crippen molar-refractivity contribution >= 4 is 33.6 Å². The van der Waals surface area contributed by atoms with E-state index >= 15 is 0 Å². The zero-order chi connectivity index (χ0) is 13.8. The molecule has 0 aliphatic carbocycles. The van der Waals surface area contributed by atoms with Gasteiger partial charge in [-0.2, -0.15) is 0 Å². The highest BCUT2D eigenvalue weighted by Gasteiger charge is 2.12. The van der Waals surface area contributed by atoms with Crippen molar-refractivity contribution in [1.29, 1.82) is 0 Å². The van der Waals surface area contributed by atoms with Gasteiger partial charge in [0.25, 0.3) is 0 Å². The summed E-state index contributed by atoms with van der Waals surface area (Å²) in [6.07, 6.45) is 5.12. The van der Waals surface area contributed by atoms with E-state index in [1.807, 2.05) is 13.0 Å². The molecule has 0 aromatic carbocycles. The van der Waals surface area contributed by atoms with Gasteiger partial charge in [0.15, 0.2) is 5.65 Å². The molecule has 0 aliphatic heterocycles. The van der Waals surface area contributed by atoms with Gasteiger partial charge < -0.3 is 4.57 Å². The van der Waals surface area contributed by atoms with Gasteiger partial charge in [-0.3, -0.25) is 4.21 Å². The van der Waals surface area contributed by atoms with Crippen molar-refractivity contribution in [2.75, 3.05) is 17.9 Å². The number of halogens is 1. The van der Waals surface area contributed by atoms with Crippen LogP contribution in [0.25, 0.3) is 11.2 Å². The fourth-order valence-electron chi connectivity index (χ4n) is 2.12. The normalized spacial score (nSPS) is 13.0. The molecule has 2 rings (SSSR count). The summed E-state index contributed by atoms with van der Waals surface area (Å²) in [5.74, 6) is 2.21. The van der Waals surface area contributed by atoms with Crippen LogP contribution in [0.4, 0.5) is 0 Å². The number of rotatable bonds is 6. The Morgan fingerprint density at radius 1 is 1.47 bits per heavy atom. The highest BCUT2D eigenvalue weighted by molar-refractivity contribution is 7.84. The maximum absolute atomic E-state index is 11.2. The zero-order valence-corrected chi connectivity index (χ0v) is 12.8. The van der Waals surface area contributed by atoms with Gasteiger partial charge in [0.1, 0.15) is 11.3 Å². The zero-order valence-electron chi connectivity index (χ0n) is 11.2. The molecule has 0 amide bonds. The van der Waals surface area contributed by atoms with Crippen LogP contribution < -0.4 is 0 Å². The van der Waals surface area contributed by atoms with Crippen LogP contribution in [0.3, 0.4) is 0 Å². The smallest absolute Gasteiger partial charge is 0.160 e. The molecular weight excluding hydrogens is 282 g/mol. The van der Waals surface area contributed by atoms with E-state index in [4.69, 9.17) is 11.6 Å². The van der Waals surface area contributed by atoms with Gasteiger partial charge in [-0.1, -0.05) is 0 Å². The summed E-state index contributed by atoms with van der Waals surface area (Å²) in [5, 5.41) is 0. The van der Waals surface area contributed by atoms with Gasteiger partial charge in [-0.05, 0) is 25.0 Å². The second-order valence-corrected chi connectivity index (χ2v) is 6.48. The Morgan fingerprint density at radius 2 is 2.26 bits per heavy atom. The summed E-state index contributed by atoms with van der Waals surface area (Å²) in [6, 6.07) is 1.96. The number of pyridine rings is 1. The number of nitrogens with zero attached hydrogens (tertiary/aromatic N) is 3. The Labute approximate surface area is 120 Å². The Hall–Kier alpha value is -0.940. The molecule has 0 radical (unpaired) electrons. The molecular formula is C13H18ClN3OS. The Balaban J connectivity index is 2.35. The topological polar surface area (TPSA) is 47.8 Å². The minimum atomic E-state index is -0.756. The van der Waals surface area contributed by atoms with Crippen LogP contribution in [0, 0.1) is 6.92 Å². The van der Waals surface area contributed by atoms with Gasteiger partial charge in [0.2, 0.25) is 0 Å². The van der Waals surface area contributed by atoms with E-state index in [1.165, 1.54) is 0 Å². The third-order valence-electron chi connectivity index (χ3n) is 3.05. The van der Waals surface area contributed by atoms with Crippen molar-refractivity contribution in [3.63, 3.8) is 0 Å². The number of imidazole rings is 1. The molecule has 2 heterocycles. The van der Waals surface area contributed by atoms with E-state index in [0.717, 1.165) is 41.9 Å². The van der Waals surface area contributed by atoms with E-state index in [1.54, 1.807) is 12.5 Å². The Morgan fingerprint density at radius 3 is 2.95 bits per heavy atom. The molecule has 1 atom stereocenters. The molecule has 0 N–H and O–H groups in total. The second-order valence-electron chi connectivity index (χ2n) is 4.55. The standard InChI is InChI=1S/C13H18ClN3OS/c1-10-5-7-15-13-12(10)16-11(4-6-14)17(13)8-3-9-19(2)18/h5,7H,3-4,6,8-9H2,1-2H3. The minimum Gasteiger partial charge on any atom is -0.313 e. The molecule has 0 fully saturated rings. The molecule has 0 bridgehead atoms. The molecule has 0 spiro atoms. The summed E-state index contributed by atoms with van der Waals surface area (Å²) in [7, 11) is -0.756. The van der Waals surface area contributed by atoms with Crippen molar-refractivity contribution in [2.24, 2.45) is 0 Å². The van der Waals surface area contributed by atoms with Crippen molar-refractivity contribution < 1.29 is 4.21 Å². The number of hydrogen-bond donors (Lipinski definition) is 0. The van der Waals surface area contributed by atoms with Gasteiger partial charge in [0, 0.05) is 47.9 Å². The fourth-order valence-corrected chi connectivity index (χ4v) is 2.82. The molecule has 6 heteroatoms. The number of hydrogen-bond acceptors (Lipinski definition) is 3. The number of alkyl halides is 1. The first kappa shape index (κ1) is 14.5. The van der Waals surface area contributed by atoms with Gasteiger partial charge >= 0.3 is 0 Å². The summed E-state index contributed by atoms with van der Waals surface area (Å²) < 4.78 is 13.3. The Kier molecular flexibility index (Phi) is 4.93. The monoisotopic (exact) mass is 299 g/mol. The van der Waals surface area contributed by atoms with E-state index in [-0.39, 0.29) is 0 Å². The van der Waals surface area contributed by atoms with Crippen LogP contribution in [0.2, 0.25) is 0 Å². The Bertz CT molecular complexity index is 597. The largest absolute Gasteiger partial charge is 0.313 e. The second kappa shape index (κ2) is 6.48. The highest BCUT2D eigenvalue weighted by atomic mass is 35.5. The lowest BCUT2D eigenvalue weighted by molar-refractivity contribution is 0.647. The van der Waals surface area contributed by atoms with E-state index in [9.17, 15) is 4.21 Å². The summed E-state index contributed by atoms with van der Waals surface area (Å²) in [6.45, 7) is 2.83. The molecule has 19 heavy (non-hydrogen) atoms. The molecule has 1 unspecified atom stereocenters. The average Bonchev–Trinajstić information content (AvgIpc) is 2.70.